The Morgan fingerprint density at radius 2 is 2.20 bits per heavy atom. The number of aliphatic hydroxyl groups is 2. The van der Waals surface area contributed by atoms with E-state index in [2.05, 4.69) is 0 Å². The molecule has 0 aromatic rings. The van der Waals surface area contributed by atoms with Crippen LogP contribution in [0.15, 0.2) is 9.66 Å². The molecule has 1 heterocycles. The van der Waals surface area contributed by atoms with Gasteiger partial charge in [0, 0.05) is 0 Å². The van der Waals surface area contributed by atoms with E-state index >= 15 is 0 Å². The SMILES string of the molecule is CC1=CI(O)[C@@H](O)[C@H](O)C1. The quantitative estimate of drug-likeness (QED) is 0.435. The van der Waals surface area contributed by atoms with Crippen molar-refractivity contribution >= 4 is 20.2 Å². The van der Waals surface area contributed by atoms with Crippen LogP contribution >= 0.6 is 20.2 Å². The summed E-state index contributed by atoms with van der Waals surface area (Å²) in [6, 6.07) is 0. The second-order valence-electron chi connectivity index (χ2n) is 2.42. The van der Waals surface area contributed by atoms with Crippen LogP contribution in [0.5, 0.6) is 0 Å². The van der Waals surface area contributed by atoms with Crippen molar-refractivity contribution < 1.29 is 13.6 Å². The van der Waals surface area contributed by atoms with E-state index in [0.29, 0.717) is 6.42 Å². The second kappa shape index (κ2) is 3.17. The molecule has 4 heteroatoms. The Labute approximate surface area is 67.3 Å². The predicted octanol–water partition coefficient (Wildman–Crippen LogP) is 0.387. The van der Waals surface area contributed by atoms with Crippen molar-refractivity contribution in [2.24, 2.45) is 0 Å². The zero-order chi connectivity index (χ0) is 7.72. The molecule has 0 aromatic carbocycles. The molecule has 0 aliphatic carbocycles. The molecule has 0 fully saturated rings. The number of aliphatic hydroxyl groups excluding tert-OH is 2. The third-order valence-electron chi connectivity index (χ3n) is 1.38. The molecule has 3 nitrogen and oxygen atoms in total. The van der Waals surface area contributed by atoms with Crippen LogP contribution < -0.4 is 0 Å². The molecule has 0 aromatic heterocycles. The minimum absolute atomic E-state index is 0.496. The monoisotopic (exact) mass is 258 g/mol. The average Bonchev–Trinajstić information content (AvgIpc) is 1.82. The van der Waals surface area contributed by atoms with Crippen LogP contribution in [-0.4, -0.2) is 23.9 Å². The summed E-state index contributed by atoms with van der Waals surface area (Å²) in [5, 5.41) is 18.2. The van der Waals surface area contributed by atoms with E-state index in [1.807, 2.05) is 6.92 Å². The molecular weight excluding hydrogens is 247 g/mol. The second-order valence-corrected chi connectivity index (χ2v) is 6.15. The van der Waals surface area contributed by atoms with Crippen molar-refractivity contribution in [3.63, 3.8) is 0 Å². The van der Waals surface area contributed by atoms with Crippen molar-refractivity contribution in [3.05, 3.63) is 9.66 Å². The van der Waals surface area contributed by atoms with Crippen LogP contribution in [0.2, 0.25) is 0 Å². The predicted molar refractivity (Wildman–Crippen MR) is 46.6 cm³/mol. The summed E-state index contributed by atoms with van der Waals surface area (Å²) in [7, 11) is 0. The maximum absolute atomic E-state index is 9.19. The number of alkyl halides is 1. The Morgan fingerprint density at radius 3 is 2.70 bits per heavy atom. The van der Waals surface area contributed by atoms with Crippen LogP contribution in [-0.2, 0) is 0 Å². The molecule has 0 saturated carbocycles. The fourth-order valence-corrected chi connectivity index (χ4v) is 3.69. The molecule has 0 unspecified atom stereocenters. The molecule has 3 N–H and O–H groups in total. The molecule has 0 amide bonds. The van der Waals surface area contributed by atoms with Gasteiger partial charge in [-0.15, -0.1) is 0 Å². The molecule has 0 radical (unpaired) electrons. The van der Waals surface area contributed by atoms with Gasteiger partial charge < -0.3 is 0 Å². The Morgan fingerprint density at radius 1 is 1.60 bits per heavy atom. The van der Waals surface area contributed by atoms with Crippen molar-refractivity contribution in [3.8, 4) is 0 Å². The molecule has 2 atom stereocenters. The number of hydrogen-bond acceptors (Lipinski definition) is 3. The molecule has 60 valence electrons. The van der Waals surface area contributed by atoms with E-state index in [4.69, 9.17) is 10.2 Å². The zero-order valence-electron chi connectivity index (χ0n) is 5.66. The first-order valence-electron chi connectivity index (χ1n) is 3.01. The summed E-state index contributed by atoms with van der Waals surface area (Å²) < 4.78 is 10.1. The Kier molecular flexibility index (Phi) is 2.67. The topological polar surface area (TPSA) is 60.7 Å². The summed E-state index contributed by atoms with van der Waals surface area (Å²) in [5.41, 5.74) is 0.991. The summed E-state index contributed by atoms with van der Waals surface area (Å²) in [6.07, 6.45) is -0.240. The van der Waals surface area contributed by atoms with Crippen molar-refractivity contribution in [1.82, 2.24) is 0 Å². The van der Waals surface area contributed by atoms with Crippen LogP contribution in [0.1, 0.15) is 13.3 Å². The first kappa shape index (κ1) is 8.45. The number of rotatable bonds is 0. The van der Waals surface area contributed by atoms with E-state index in [-0.39, 0.29) is 0 Å². The van der Waals surface area contributed by atoms with Gasteiger partial charge in [0.2, 0.25) is 0 Å². The van der Waals surface area contributed by atoms with Gasteiger partial charge in [-0.05, 0) is 0 Å². The number of hydrogen-bond donors (Lipinski definition) is 3. The van der Waals surface area contributed by atoms with Crippen LogP contribution in [0.3, 0.4) is 0 Å². The van der Waals surface area contributed by atoms with Gasteiger partial charge in [0.1, 0.15) is 0 Å². The first-order chi connectivity index (χ1) is 4.61. The van der Waals surface area contributed by atoms with Crippen molar-refractivity contribution in [2.45, 2.75) is 23.6 Å². The Bertz CT molecular complexity index is 157. The molecule has 10 heavy (non-hydrogen) atoms. The van der Waals surface area contributed by atoms with E-state index in [0.717, 1.165) is 5.57 Å². The summed E-state index contributed by atoms with van der Waals surface area (Å²) in [5.74, 6) is 0. The molecule has 0 spiro atoms. The van der Waals surface area contributed by atoms with Crippen LogP contribution in [0, 0.1) is 0 Å². The molecule has 1 aliphatic heterocycles. The van der Waals surface area contributed by atoms with Crippen molar-refractivity contribution in [1.29, 1.82) is 0 Å². The first-order valence-corrected chi connectivity index (χ1v) is 6.46. The van der Waals surface area contributed by atoms with Gasteiger partial charge in [-0.25, -0.2) is 0 Å². The van der Waals surface area contributed by atoms with Crippen LogP contribution in [0.4, 0.5) is 0 Å². The normalized spacial score (nSPS) is 37.6. The molecule has 1 rings (SSSR count). The van der Waals surface area contributed by atoms with Crippen LogP contribution in [0.25, 0.3) is 0 Å². The summed E-state index contributed by atoms with van der Waals surface area (Å²) in [4.78, 5) is 0. The Balaban J connectivity index is 2.69. The molecule has 0 saturated heterocycles. The van der Waals surface area contributed by atoms with Gasteiger partial charge in [0.05, 0.1) is 0 Å². The van der Waals surface area contributed by atoms with Gasteiger partial charge >= 0.3 is 67.1 Å². The fraction of sp³-hybridized carbons (Fsp3) is 0.667. The molecule has 1 aliphatic rings. The summed E-state index contributed by atoms with van der Waals surface area (Å²) >= 11 is -2.32. The van der Waals surface area contributed by atoms with E-state index in [1.54, 1.807) is 4.08 Å². The van der Waals surface area contributed by atoms with Gasteiger partial charge in [0.15, 0.2) is 0 Å². The number of halogens is 1. The van der Waals surface area contributed by atoms with Crippen molar-refractivity contribution in [2.75, 3.05) is 0 Å². The third kappa shape index (κ3) is 1.69. The van der Waals surface area contributed by atoms with Gasteiger partial charge in [-0.2, -0.15) is 0 Å². The summed E-state index contributed by atoms with van der Waals surface area (Å²) in [6.45, 7) is 1.86. The third-order valence-corrected chi connectivity index (χ3v) is 5.21. The molecular formula is C6H11IO3. The zero-order valence-corrected chi connectivity index (χ0v) is 7.82. The van der Waals surface area contributed by atoms with E-state index in [1.165, 1.54) is 0 Å². The van der Waals surface area contributed by atoms with E-state index < -0.39 is 30.4 Å². The molecule has 0 bridgehead atoms. The average molecular weight is 258 g/mol. The fourth-order valence-electron chi connectivity index (χ4n) is 0.876. The van der Waals surface area contributed by atoms with Gasteiger partial charge in [-0.3, -0.25) is 0 Å². The van der Waals surface area contributed by atoms with Gasteiger partial charge in [-0.1, -0.05) is 0 Å². The van der Waals surface area contributed by atoms with Gasteiger partial charge in [0.25, 0.3) is 0 Å². The minimum atomic E-state index is -2.32. The van der Waals surface area contributed by atoms with E-state index in [9.17, 15) is 3.44 Å². The maximum atomic E-state index is 9.19. The Hall–Kier alpha value is 0.350. The standard InChI is InChI=1S/C6H11IO3/c1-4-2-5(8)6(9)7(10)3-4/h3,5-6,8-10H,2H2,1H3/t5-,6+/m1/s1.